The van der Waals surface area contributed by atoms with Gasteiger partial charge in [-0.15, -0.1) is 0 Å². The highest BCUT2D eigenvalue weighted by molar-refractivity contribution is 5.79. The van der Waals surface area contributed by atoms with E-state index in [-0.39, 0.29) is 0 Å². The van der Waals surface area contributed by atoms with Gasteiger partial charge in [-0.1, -0.05) is 0 Å². The molecule has 1 aromatic heterocycles. The van der Waals surface area contributed by atoms with Crippen LogP contribution in [-0.2, 0) is 4.79 Å². The summed E-state index contributed by atoms with van der Waals surface area (Å²) in [7, 11) is 0. The summed E-state index contributed by atoms with van der Waals surface area (Å²) in [6.07, 6.45) is 4.42. The number of pyridine rings is 1. The fourth-order valence-corrected chi connectivity index (χ4v) is 1.93. The maximum Gasteiger partial charge on any atom is 0.323 e. The summed E-state index contributed by atoms with van der Waals surface area (Å²) < 4.78 is 0. The van der Waals surface area contributed by atoms with E-state index >= 15 is 0 Å². The SMILES string of the molecule is NC1(C(=O)O)CCN(c2ccncc2)CC1. The number of anilines is 1. The van der Waals surface area contributed by atoms with Crippen molar-refractivity contribution in [3.05, 3.63) is 24.5 Å². The largest absolute Gasteiger partial charge is 0.480 e. The number of aliphatic carboxylic acids is 1. The number of carbonyl (C=O) groups is 1. The summed E-state index contributed by atoms with van der Waals surface area (Å²) in [5, 5.41) is 9.00. The summed E-state index contributed by atoms with van der Waals surface area (Å²) in [4.78, 5) is 17.1. The van der Waals surface area contributed by atoms with Crippen LogP contribution in [0, 0.1) is 0 Å². The van der Waals surface area contributed by atoms with Crippen molar-refractivity contribution in [1.82, 2.24) is 4.98 Å². The van der Waals surface area contributed by atoms with E-state index in [1.165, 1.54) is 0 Å². The van der Waals surface area contributed by atoms with Crippen LogP contribution in [0.25, 0.3) is 0 Å². The van der Waals surface area contributed by atoms with E-state index in [4.69, 9.17) is 10.8 Å². The van der Waals surface area contributed by atoms with E-state index in [1.54, 1.807) is 12.4 Å². The van der Waals surface area contributed by atoms with Crippen molar-refractivity contribution in [3.8, 4) is 0 Å². The van der Waals surface area contributed by atoms with Crippen LogP contribution in [0.4, 0.5) is 5.69 Å². The van der Waals surface area contributed by atoms with E-state index in [0.717, 1.165) is 5.69 Å². The Morgan fingerprint density at radius 3 is 2.44 bits per heavy atom. The second-order valence-electron chi connectivity index (χ2n) is 4.15. The van der Waals surface area contributed by atoms with Crippen molar-refractivity contribution in [2.24, 2.45) is 5.73 Å². The number of hydrogen-bond acceptors (Lipinski definition) is 4. The van der Waals surface area contributed by atoms with Gasteiger partial charge in [0.1, 0.15) is 5.54 Å². The van der Waals surface area contributed by atoms with Crippen LogP contribution in [0.2, 0.25) is 0 Å². The summed E-state index contributed by atoms with van der Waals surface area (Å²) >= 11 is 0. The number of aromatic nitrogens is 1. The van der Waals surface area contributed by atoms with Gasteiger partial charge in [-0.05, 0) is 25.0 Å². The molecule has 1 fully saturated rings. The predicted molar refractivity (Wildman–Crippen MR) is 60.2 cm³/mol. The van der Waals surface area contributed by atoms with Crippen molar-refractivity contribution in [1.29, 1.82) is 0 Å². The molecule has 0 bridgehead atoms. The lowest BCUT2D eigenvalue weighted by Crippen LogP contribution is -2.55. The maximum absolute atomic E-state index is 11.0. The van der Waals surface area contributed by atoms with Crippen LogP contribution < -0.4 is 10.6 Å². The van der Waals surface area contributed by atoms with Gasteiger partial charge < -0.3 is 15.7 Å². The van der Waals surface area contributed by atoms with E-state index in [0.29, 0.717) is 25.9 Å². The van der Waals surface area contributed by atoms with Gasteiger partial charge >= 0.3 is 5.97 Å². The minimum absolute atomic E-state index is 0.477. The highest BCUT2D eigenvalue weighted by Gasteiger charge is 2.37. The molecule has 0 spiro atoms. The van der Waals surface area contributed by atoms with Crippen LogP contribution in [0.15, 0.2) is 24.5 Å². The topological polar surface area (TPSA) is 79.5 Å². The monoisotopic (exact) mass is 221 g/mol. The number of carboxylic acid groups (broad SMARTS) is 1. The summed E-state index contributed by atoms with van der Waals surface area (Å²) in [6.45, 7) is 1.35. The van der Waals surface area contributed by atoms with E-state index in [9.17, 15) is 4.79 Å². The molecule has 2 rings (SSSR count). The fourth-order valence-electron chi connectivity index (χ4n) is 1.93. The van der Waals surface area contributed by atoms with Crippen molar-refractivity contribution in [2.45, 2.75) is 18.4 Å². The number of rotatable bonds is 2. The first kappa shape index (κ1) is 10.9. The molecule has 3 N–H and O–H groups in total. The lowest BCUT2D eigenvalue weighted by Gasteiger charge is -2.37. The third-order valence-electron chi connectivity index (χ3n) is 3.11. The third kappa shape index (κ3) is 1.99. The molecule has 5 nitrogen and oxygen atoms in total. The van der Waals surface area contributed by atoms with Crippen molar-refractivity contribution < 1.29 is 9.90 Å². The minimum atomic E-state index is -1.05. The van der Waals surface area contributed by atoms with Crippen LogP contribution in [0.1, 0.15) is 12.8 Å². The number of carboxylic acids is 1. The summed E-state index contributed by atoms with van der Waals surface area (Å²) in [5.41, 5.74) is 5.82. The molecule has 0 aliphatic carbocycles. The first-order valence-corrected chi connectivity index (χ1v) is 5.29. The van der Waals surface area contributed by atoms with Crippen LogP contribution in [-0.4, -0.2) is 34.7 Å². The number of hydrogen-bond donors (Lipinski definition) is 2. The molecule has 0 saturated carbocycles. The van der Waals surface area contributed by atoms with Crippen molar-refractivity contribution in [2.75, 3.05) is 18.0 Å². The fraction of sp³-hybridized carbons (Fsp3) is 0.455. The van der Waals surface area contributed by atoms with E-state index in [2.05, 4.69) is 9.88 Å². The Kier molecular flexibility index (Phi) is 2.78. The molecule has 0 radical (unpaired) electrons. The maximum atomic E-state index is 11.0. The Labute approximate surface area is 93.9 Å². The molecule has 1 aliphatic heterocycles. The second kappa shape index (κ2) is 4.09. The third-order valence-corrected chi connectivity index (χ3v) is 3.11. The zero-order valence-corrected chi connectivity index (χ0v) is 8.97. The molecule has 0 aromatic carbocycles. The van der Waals surface area contributed by atoms with Crippen LogP contribution >= 0.6 is 0 Å². The molecule has 0 unspecified atom stereocenters. The predicted octanol–water partition coefficient (Wildman–Crippen LogP) is 0.464. The normalized spacial score (nSPS) is 19.4. The highest BCUT2D eigenvalue weighted by Crippen LogP contribution is 2.24. The molecule has 0 atom stereocenters. The van der Waals surface area contributed by atoms with Gasteiger partial charge in [0.25, 0.3) is 0 Å². The Balaban J connectivity index is 2.03. The molecule has 1 aromatic rings. The van der Waals surface area contributed by atoms with Gasteiger partial charge in [0.15, 0.2) is 0 Å². The van der Waals surface area contributed by atoms with E-state index in [1.807, 2.05) is 12.1 Å². The molecule has 16 heavy (non-hydrogen) atoms. The van der Waals surface area contributed by atoms with Crippen LogP contribution in [0.3, 0.4) is 0 Å². The zero-order chi connectivity index (χ0) is 11.6. The Bertz CT molecular complexity index is 372. The zero-order valence-electron chi connectivity index (χ0n) is 8.97. The Hall–Kier alpha value is -1.62. The van der Waals surface area contributed by atoms with Gasteiger partial charge in [0.2, 0.25) is 0 Å². The Morgan fingerprint density at radius 1 is 1.38 bits per heavy atom. The molecule has 86 valence electrons. The van der Waals surface area contributed by atoms with Gasteiger partial charge in [-0.3, -0.25) is 9.78 Å². The molecular formula is C11H15N3O2. The van der Waals surface area contributed by atoms with Crippen LogP contribution in [0.5, 0.6) is 0 Å². The van der Waals surface area contributed by atoms with Gasteiger partial charge in [0.05, 0.1) is 0 Å². The second-order valence-corrected chi connectivity index (χ2v) is 4.15. The summed E-state index contributed by atoms with van der Waals surface area (Å²) in [6, 6.07) is 3.84. The molecule has 1 aliphatic rings. The standard InChI is InChI=1S/C11H15N3O2/c12-11(10(15)16)3-7-14(8-4-11)9-1-5-13-6-2-9/h1-2,5-6H,3-4,7-8,12H2,(H,15,16). The quantitative estimate of drug-likeness (QED) is 0.758. The van der Waals surface area contributed by atoms with Gasteiger partial charge in [-0.25, -0.2) is 0 Å². The lowest BCUT2D eigenvalue weighted by atomic mass is 9.88. The molecule has 5 heteroatoms. The molecular weight excluding hydrogens is 206 g/mol. The van der Waals surface area contributed by atoms with Gasteiger partial charge in [-0.2, -0.15) is 0 Å². The molecule has 0 amide bonds. The molecule has 2 heterocycles. The minimum Gasteiger partial charge on any atom is -0.480 e. The Morgan fingerprint density at radius 2 is 1.94 bits per heavy atom. The summed E-state index contributed by atoms with van der Waals surface area (Å²) in [5.74, 6) is -0.901. The highest BCUT2D eigenvalue weighted by atomic mass is 16.4. The van der Waals surface area contributed by atoms with Gasteiger partial charge in [0, 0.05) is 31.2 Å². The number of nitrogens with zero attached hydrogens (tertiary/aromatic N) is 2. The average Bonchev–Trinajstić information content (AvgIpc) is 2.31. The first-order chi connectivity index (χ1) is 7.62. The van der Waals surface area contributed by atoms with Crippen molar-refractivity contribution >= 4 is 11.7 Å². The number of piperidine rings is 1. The molecule has 1 saturated heterocycles. The number of nitrogens with two attached hydrogens (primary N) is 1. The van der Waals surface area contributed by atoms with Crippen molar-refractivity contribution in [3.63, 3.8) is 0 Å². The smallest absolute Gasteiger partial charge is 0.323 e. The first-order valence-electron chi connectivity index (χ1n) is 5.29. The average molecular weight is 221 g/mol. The lowest BCUT2D eigenvalue weighted by molar-refractivity contribution is -0.144. The van der Waals surface area contributed by atoms with E-state index < -0.39 is 11.5 Å².